The van der Waals surface area contributed by atoms with Crippen molar-refractivity contribution in [3.63, 3.8) is 0 Å². The highest BCUT2D eigenvalue weighted by atomic mass is 16.5. The fourth-order valence-corrected chi connectivity index (χ4v) is 1.16. The minimum Gasteiger partial charge on any atom is -0.504 e. The summed E-state index contributed by atoms with van der Waals surface area (Å²) in [5.41, 5.74) is 0.190. The molecule has 0 spiro atoms. The molecular formula is C11H14O3. The van der Waals surface area contributed by atoms with Crippen LogP contribution in [0.2, 0.25) is 0 Å². The first kappa shape index (κ1) is 10.6. The van der Waals surface area contributed by atoms with E-state index in [1.807, 2.05) is 0 Å². The van der Waals surface area contributed by atoms with Crippen LogP contribution >= 0.6 is 0 Å². The normalized spacial score (nSPS) is 11.1. The van der Waals surface area contributed by atoms with E-state index >= 15 is 0 Å². The van der Waals surface area contributed by atoms with E-state index < -0.39 is 5.41 Å². The number of methoxy groups -OCH3 is 1. The molecule has 0 saturated carbocycles. The Morgan fingerprint density at radius 1 is 1.43 bits per heavy atom. The highest BCUT2D eigenvalue weighted by Crippen LogP contribution is 2.31. The summed E-state index contributed by atoms with van der Waals surface area (Å²) < 4.78 is 4.91. The number of hydrogen-bond acceptors (Lipinski definition) is 3. The molecule has 0 amide bonds. The number of carbonyl (C=O) groups excluding carboxylic acids is 1. The van der Waals surface area contributed by atoms with E-state index in [0.717, 1.165) is 11.8 Å². The zero-order valence-corrected chi connectivity index (χ0v) is 8.57. The van der Waals surface area contributed by atoms with E-state index in [9.17, 15) is 9.90 Å². The van der Waals surface area contributed by atoms with Crippen LogP contribution < -0.4 is 4.74 Å². The Balaban J connectivity index is 3.15. The summed E-state index contributed by atoms with van der Waals surface area (Å²) in [4.78, 5) is 10.8. The highest BCUT2D eigenvalue weighted by Gasteiger charge is 2.20. The van der Waals surface area contributed by atoms with Crippen molar-refractivity contribution >= 4 is 6.29 Å². The van der Waals surface area contributed by atoms with Gasteiger partial charge in [0.25, 0.3) is 0 Å². The molecule has 3 heteroatoms. The van der Waals surface area contributed by atoms with Crippen LogP contribution in [-0.2, 0) is 10.2 Å². The monoisotopic (exact) mass is 194 g/mol. The van der Waals surface area contributed by atoms with Crippen LogP contribution in [0.25, 0.3) is 0 Å². The van der Waals surface area contributed by atoms with Gasteiger partial charge in [-0.1, -0.05) is 6.07 Å². The Morgan fingerprint density at radius 3 is 2.50 bits per heavy atom. The highest BCUT2D eigenvalue weighted by molar-refractivity contribution is 5.68. The summed E-state index contributed by atoms with van der Waals surface area (Å²) in [5.74, 6) is 0.468. The van der Waals surface area contributed by atoms with Gasteiger partial charge in [0.1, 0.15) is 6.29 Å². The lowest BCUT2D eigenvalue weighted by atomic mass is 9.86. The van der Waals surface area contributed by atoms with Gasteiger partial charge in [-0.2, -0.15) is 0 Å². The zero-order valence-electron chi connectivity index (χ0n) is 8.57. The molecule has 0 aliphatic heterocycles. The maximum Gasteiger partial charge on any atom is 0.160 e. The first-order valence-electron chi connectivity index (χ1n) is 4.35. The Bertz CT molecular complexity index is 342. The molecule has 0 aliphatic carbocycles. The predicted molar refractivity (Wildman–Crippen MR) is 53.7 cm³/mol. The van der Waals surface area contributed by atoms with E-state index in [0.29, 0.717) is 5.75 Å². The van der Waals surface area contributed by atoms with Crippen LogP contribution in [0.1, 0.15) is 19.4 Å². The molecule has 0 aliphatic rings. The lowest BCUT2D eigenvalue weighted by Gasteiger charge is -2.18. The van der Waals surface area contributed by atoms with E-state index in [4.69, 9.17) is 4.74 Å². The molecule has 0 unspecified atom stereocenters. The van der Waals surface area contributed by atoms with Gasteiger partial charge >= 0.3 is 0 Å². The van der Waals surface area contributed by atoms with Crippen molar-refractivity contribution in [3.8, 4) is 11.5 Å². The van der Waals surface area contributed by atoms with Crippen LogP contribution in [0.3, 0.4) is 0 Å². The van der Waals surface area contributed by atoms with Crippen molar-refractivity contribution in [1.29, 1.82) is 0 Å². The van der Waals surface area contributed by atoms with Crippen LogP contribution in [0, 0.1) is 0 Å². The van der Waals surface area contributed by atoms with Gasteiger partial charge in [0, 0.05) is 5.41 Å². The van der Waals surface area contributed by atoms with E-state index in [-0.39, 0.29) is 5.75 Å². The van der Waals surface area contributed by atoms with Crippen molar-refractivity contribution in [1.82, 2.24) is 0 Å². The molecule has 1 rings (SSSR count). The molecule has 0 radical (unpaired) electrons. The first-order chi connectivity index (χ1) is 6.51. The fraction of sp³-hybridized carbons (Fsp3) is 0.364. The molecule has 1 N–H and O–H groups in total. The molecule has 14 heavy (non-hydrogen) atoms. The minimum absolute atomic E-state index is 0.0555. The third-order valence-electron chi connectivity index (χ3n) is 2.22. The molecule has 0 aromatic heterocycles. The molecule has 76 valence electrons. The number of phenols is 1. The van der Waals surface area contributed by atoms with E-state index in [1.165, 1.54) is 7.11 Å². The topological polar surface area (TPSA) is 46.5 Å². The lowest BCUT2D eigenvalue weighted by Crippen LogP contribution is -2.18. The van der Waals surface area contributed by atoms with Gasteiger partial charge in [0.2, 0.25) is 0 Å². The molecule has 1 aromatic rings. The van der Waals surface area contributed by atoms with Crippen LogP contribution in [0.5, 0.6) is 11.5 Å². The summed E-state index contributed by atoms with van der Waals surface area (Å²) in [5, 5.41) is 9.51. The minimum atomic E-state index is -0.580. The summed E-state index contributed by atoms with van der Waals surface area (Å²) in [6.45, 7) is 3.59. The lowest BCUT2D eigenvalue weighted by molar-refractivity contribution is -0.111. The first-order valence-corrected chi connectivity index (χ1v) is 4.35. The summed E-state index contributed by atoms with van der Waals surface area (Å²) in [6, 6.07) is 4.97. The second kappa shape index (κ2) is 3.70. The average molecular weight is 194 g/mol. The van der Waals surface area contributed by atoms with Gasteiger partial charge in [-0.05, 0) is 31.5 Å². The van der Waals surface area contributed by atoms with Crippen LogP contribution in [0.15, 0.2) is 18.2 Å². The van der Waals surface area contributed by atoms with E-state index in [2.05, 4.69) is 0 Å². The Labute approximate surface area is 83.3 Å². The fourth-order valence-electron chi connectivity index (χ4n) is 1.16. The standard InChI is InChI=1S/C11H14O3/c1-11(2,7-12)8-4-5-10(14-3)9(13)6-8/h4-7,13H,1-3H3. The number of hydrogen-bond donors (Lipinski definition) is 1. The SMILES string of the molecule is COc1ccc(C(C)(C)C=O)cc1O. The predicted octanol–water partition coefficient (Wildman–Crippen LogP) is 1.88. The van der Waals surface area contributed by atoms with Gasteiger partial charge in [-0.15, -0.1) is 0 Å². The van der Waals surface area contributed by atoms with Crippen molar-refractivity contribution < 1.29 is 14.6 Å². The number of aromatic hydroxyl groups is 1. The smallest absolute Gasteiger partial charge is 0.160 e. The number of carbonyl (C=O) groups is 1. The third kappa shape index (κ3) is 1.87. The van der Waals surface area contributed by atoms with Crippen molar-refractivity contribution in [2.45, 2.75) is 19.3 Å². The van der Waals surface area contributed by atoms with Crippen LogP contribution in [0.4, 0.5) is 0 Å². The number of ether oxygens (including phenoxy) is 1. The molecule has 0 atom stereocenters. The average Bonchev–Trinajstić information content (AvgIpc) is 2.17. The van der Waals surface area contributed by atoms with Gasteiger partial charge in [-0.25, -0.2) is 0 Å². The van der Waals surface area contributed by atoms with Gasteiger partial charge in [0.05, 0.1) is 7.11 Å². The Kier molecular flexibility index (Phi) is 2.79. The van der Waals surface area contributed by atoms with Crippen molar-refractivity contribution in [2.75, 3.05) is 7.11 Å². The number of rotatable bonds is 3. The number of phenolic OH excluding ortho intramolecular Hbond substituents is 1. The molecule has 1 aromatic carbocycles. The summed E-state index contributed by atoms with van der Waals surface area (Å²) in [6.07, 6.45) is 0.855. The van der Waals surface area contributed by atoms with Gasteiger partial charge in [0.15, 0.2) is 11.5 Å². The molecule has 3 nitrogen and oxygen atoms in total. The molecule has 0 saturated heterocycles. The Morgan fingerprint density at radius 2 is 2.07 bits per heavy atom. The number of aldehydes is 1. The number of benzene rings is 1. The molecule has 0 fully saturated rings. The van der Waals surface area contributed by atoms with Crippen molar-refractivity contribution in [3.05, 3.63) is 23.8 Å². The molecule has 0 bridgehead atoms. The Hall–Kier alpha value is -1.51. The van der Waals surface area contributed by atoms with Gasteiger partial charge in [-0.3, -0.25) is 0 Å². The van der Waals surface area contributed by atoms with E-state index in [1.54, 1.807) is 32.0 Å². The second-order valence-electron chi connectivity index (χ2n) is 3.73. The maximum absolute atomic E-state index is 10.8. The van der Waals surface area contributed by atoms with Crippen molar-refractivity contribution in [2.24, 2.45) is 0 Å². The summed E-state index contributed by atoms with van der Waals surface area (Å²) in [7, 11) is 1.49. The second-order valence-corrected chi connectivity index (χ2v) is 3.73. The van der Waals surface area contributed by atoms with Gasteiger partial charge < -0.3 is 14.6 Å². The van der Waals surface area contributed by atoms with Crippen LogP contribution in [-0.4, -0.2) is 18.5 Å². The third-order valence-corrected chi connectivity index (χ3v) is 2.22. The maximum atomic E-state index is 10.8. The summed E-state index contributed by atoms with van der Waals surface area (Å²) >= 11 is 0. The zero-order chi connectivity index (χ0) is 10.8. The molecular weight excluding hydrogens is 180 g/mol. The largest absolute Gasteiger partial charge is 0.504 e. The molecule has 0 heterocycles. The quantitative estimate of drug-likeness (QED) is 0.747.